The molecule has 3 aromatic rings. The highest BCUT2D eigenvalue weighted by Crippen LogP contribution is 2.35. The van der Waals surface area contributed by atoms with Gasteiger partial charge in [-0.15, -0.1) is 0 Å². The van der Waals surface area contributed by atoms with Crippen LogP contribution in [-0.4, -0.2) is 26.6 Å². The zero-order valence-corrected chi connectivity index (χ0v) is 15.4. The van der Waals surface area contributed by atoms with Crippen molar-refractivity contribution in [3.63, 3.8) is 0 Å². The van der Waals surface area contributed by atoms with Crippen molar-refractivity contribution in [3.8, 4) is 6.07 Å². The Kier molecular flexibility index (Phi) is 4.31. The number of carbonyl (C=O) groups is 1. The maximum absolute atomic E-state index is 14.7. The maximum Gasteiger partial charge on any atom is 0.274 e. The number of hydrogen-bond donors (Lipinski definition) is 2. The van der Waals surface area contributed by atoms with Crippen LogP contribution in [-0.2, 0) is 12.0 Å². The van der Waals surface area contributed by atoms with E-state index in [0.29, 0.717) is 23.2 Å². The fraction of sp³-hybridized carbons (Fsp3) is 0.150. The quantitative estimate of drug-likeness (QED) is 0.711. The van der Waals surface area contributed by atoms with Crippen molar-refractivity contribution in [2.45, 2.75) is 18.9 Å². The predicted octanol–water partition coefficient (Wildman–Crippen LogP) is 2.18. The minimum atomic E-state index is -0.947. The first-order valence-electron chi connectivity index (χ1n) is 8.76. The van der Waals surface area contributed by atoms with E-state index in [0.717, 1.165) is 5.69 Å². The Labute approximate surface area is 165 Å². The van der Waals surface area contributed by atoms with E-state index >= 15 is 0 Å². The number of rotatable bonds is 3. The summed E-state index contributed by atoms with van der Waals surface area (Å²) in [6, 6.07) is 11.0. The van der Waals surface area contributed by atoms with E-state index in [1.165, 1.54) is 35.1 Å². The maximum atomic E-state index is 14.7. The van der Waals surface area contributed by atoms with Gasteiger partial charge in [-0.1, -0.05) is 0 Å². The molecule has 0 bridgehead atoms. The Bertz CT molecular complexity index is 1180. The number of nitrogens with two attached hydrogens (primary N) is 1. The average molecular weight is 389 g/mol. The molecule has 0 saturated carbocycles. The number of aliphatic imine (C=N–C) groups is 1. The van der Waals surface area contributed by atoms with Gasteiger partial charge in [-0.25, -0.2) is 19.0 Å². The van der Waals surface area contributed by atoms with Crippen molar-refractivity contribution in [2.75, 3.05) is 5.32 Å². The van der Waals surface area contributed by atoms with Gasteiger partial charge in [0.05, 0.1) is 16.8 Å². The van der Waals surface area contributed by atoms with E-state index in [4.69, 9.17) is 11.0 Å². The fourth-order valence-corrected chi connectivity index (χ4v) is 3.32. The summed E-state index contributed by atoms with van der Waals surface area (Å²) >= 11 is 0. The van der Waals surface area contributed by atoms with Crippen molar-refractivity contribution in [3.05, 3.63) is 77.1 Å². The zero-order chi connectivity index (χ0) is 20.6. The van der Waals surface area contributed by atoms with Gasteiger partial charge in [0.25, 0.3) is 5.91 Å². The Morgan fingerprint density at radius 1 is 1.34 bits per heavy atom. The number of pyridine rings is 1. The number of hydrogen-bond acceptors (Lipinski definition) is 6. The van der Waals surface area contributed by atoms with Gasteiger partial charge in [-0.3, -0.25) is 4.79 Å². The van der Waals surface area contributed by atoms with Crippen molar-refractivity contribution < 1.29 is 9.18 Å². The fourth-order valence-electron chi connectivity index (χ4n) is 3.32. The van der Waals surface area contributed by atoms with E-state index in [2.05, 4.69) is 20.4 Å². The molecule has 0 fully saturated rings. The summed E-state index contributed by atoms with van der Waals surface area (Å²) in [6.07, 6.45) is 3.33. The van der Waals surface area contributed by atoms with E-state index < -0.39 is 17.3 Å². The van der Waals surface area contributed by atoms with Gasteiger partial charge in [-0.2, -0.15) is 10.4 Å². The lowest BCUT2D eigenvalue weighted by atomic mass is 9.86. The van der Waals surface area contributed by atoms with E-state index in [1.54, 1.807) is 25.3 Å². The molecular formula is C20H16FN7O. The number of carbonyl (C=O) groups excluding carboxylic acids is 1. The van der Waals surface area contributed by atoms with Crippen molar-refractivity contribution >= 4 is 17.6 Å². The number of nitrogens with zero attached hydrogens (tertiary/aromatic N) is 5. The summed E-state index contributed by atoms with van der Waals surface area (Å²) in [5.41, 5.74) is 7.06. The largest absolute Gasteiger partial charge is 0.368 e. The average Bonchev–Trinajstić information content (AvgIpc) is 3.18. The summed E-state index contributed by atoms with van der Waals surface area (Å²) in [5.74, 6) is -0.747. The van der Waals surface area contributed by atoms with Crippen LogP contribution in [0.3, 0.4) is 0 Å². The molecule has 1 aromatic carbocycles. The molecule has 0 radical (unpaired) electrons. The van der Waals surface area contributed by atoms with Gasteiger partial charge in [0, 0.05) is 30.1 Å². The minimum absolute atomic E-state index is 0.143. The summed E-state index contributed by atoms with van der Waals surface area (Å²) in [5, 5.41) is 15.6. The van der Waals surface area contributed by atoms with Gasteiger partial charge in [0.1, 0.15) is 17.6 Å². The predicted molar refractivity (Wildman–Crippen MR) is 104 cm³/mol. The summed E-state index contributed by atoms with van der Waals surface area (Å²) in [4.78, 5) is 20.9. The molecular weight excluding hydrogens is 373 g/mol. The van der Waals surface area contributed by atoms with E-state index in [9.17, 15) is 9.18 Å². The number of fused-ring (bicyclic) bond motifs is 1. The molecule has 0 spiro atoms. The number of amides is 1. The molecule has 3 N–H and O–H groups in total. The Hall–Kier alpha value is -4.06. The van der Waals surface area contributed by atoms with Crippen LogP contribution in [0.15, 0.2) is 53.8 Å². The molecule has 9 heteroatoms. The third-order valence-electron chi connectivity index (χ3n) is 4.75. The molecule has 4 rings (SSSR count). The second kappa shape index (κ2) is 6.83. The lowest BCUT2D eigenvalue weighted by molar-refractivity contribution is 0.102. The monoisotopic (exact) mass is 389 g/mol. The Morgan fingerprint density at radius 2 is 2.17 bits per heavy atom. The summed E-state index contributed by atoms with van der Waals surface area (Å²) < 4.78 is 16.2. The molecule has 1 atom stereocenters. The van der Waals surface area contributed by atoms with Gasteiger partial charge in [0.15, 0.2) is 0 Å². The van der Waals surface area contributed by atoms with Crippen molar-refractivity contribution in [2.24, 2.45) is 10.7 Å². The zero-order valence-electron chi connectivity index (χ0n) is 15.4. The first-order chi connectivity index (χ1) is 13.9. The van der Waals surface area contributed by atoms with E-state index in [1.807, 2.05) is 6.07 Å². The third-order valence-corrected chi connectivity index (χ3v) is 4.75. The third kappa shape index (κ3) is 3.32. The highest BCUT2D eigenvalue weighted by atomic mass is 19.1. The molecule has 8 nitrogen and oxygen atoms in total. The van der Waals surface area contributed by atoms with Crippen LogP contribution in [0.4, 0.5) is 10.1 Å². The van der Waals surface area contributed by atoms with Gasteiger partial charge < -0.3 is 11.1 Å². The standard InChI is InChI=1S/C20H16FN7O/c1-20(9-14-6-7-25-28(14)19(23)27-20)15-8-13(3-4-16(15)21)26-18(29)17-5-2-12(10-22)11-24-17/h2-8,11H,9H2,1H3,(H2,23,27)(H,26,29)/t20-/m0/s1. The molecule has 144 valence electrons. The van der Waals surface area contributed by atoms with Gasteiger partial charge in [0.2, 0.25) is 5.96 Å². The molecule has 1 aliphatic rings. The normalized spacial score (nSPS) is 17.8. The first kappa shape index (κ1) is 18.3. The molecule has 1 aliphatic heterocycles. The van der Waals surface area contributed by atoms with Crippen LogP contribution in [0, 0.1) is 17.1 Å². The lowest BCUT2D eigenvalue weighted by Gasteiger charge is -2.31. The van der Waals surface area contributed by atoms with Gasteiger partial charge in [-0.05, 0) is 43.3 Å². The van der Waals surface area contributed by atoms with Crippen LogP contribution in [0.1, 0.15) is 34.2 Å². The number of benzene rings is 1. The van der Waals surface area contributed by atoms with Crippen LogP contribution in [0.25, 0.3) is 0 Å². The molecule has 1 amide bonds. The Balaban J connectivity index is 1.63. The Morgan fingerprint density at radius 3 is 2.90 bits per heavy atom. The molecule has 0 unspecified atom stereocenters. The number of nitrogens with one attached hydrogen (secondary N) is 1. The summed E-state index contributed by atoms with van der Waals surface area (Å²) in [6.45, 7) is 1.78. The van der Waals surface area contributed by atoms with Crippen molar-refractivity contribution in [1.82, 2.24) is 14.8 Å². The SMILES string of the molecule is C[C@@]1(c2cc(NC(=O)c3ccc(C#N)cn3)ccc2F)Cc2ccnn2C(N)=N1. The lowest BCUT2D eigenvalue weighted by Crippen LogP contribution is -2.38. The van der Waals surface area contributed by atoms with E-state index in [-0.39, 0.29) is 11.7 Å². The second-order valence-corrected chi connectivity index (χ2v) is 6.85. The highest BCUT2D eigenvalue weighted by molar-refractivity contribution is 6.02. The number of nitriles is 1. The van der Waals surface area contributed by atoms with Crippen LogP contribution in [0.5, 0.6) is 0 Å². The first-order valence-corrected chi connectivity index (χ1v) is 8.76. The highest BCUT2D eigenvalue weighted by Gasteiger charge is 2.35. The number of halogens is 1. The molecule has 0 saturated heterocycles. The molecule has 0 aliphatic carbocycles. The smallest absolute Gasteiger partial charge is 0.274 e. The van der Waals surface area contributed by atoms with Crippen LogP contribution < -0.4 is 11.1 Å². The minimum Gasteiger partial charge on any atom is -0.368 e. The topological polar surface area (TPSA) is 122 Å². The van der Waals surface area contributed by atoms with Crippen LogP contribution >= 0.6 is 0 Å². The number of aromatic nitrogens is 3. The molecule has 3 heterocycles. The second-order valence-electron chi connectivity index (χ2n) is 6.85. The molecule has 2 aromatic heterocycles. The summed E-state index contributed by atoms with van der Waals surface area (Å²) in [7, 11) is 0. The van der Waals surface area contributed by atoms with Gasteiger partial charge >= 0.3 is 0 Å². The molecule has 29 heavy (non-hydrogen) atoms. The van der Waals surface area contributed by atoms with Crippen molar-refractivity contribution in [1.29, 1.82) is 5.26 Å². The van der Waals surface area contributed by atoms with Crippen LogP contribution in [0.2, 0.25) is 0 Å². The number of anilines is 1.